The van der Waals surface area contributed by atoms with Gasteiger partial charge in [0.05, 0.1) is 17.7 Å². The quantitative estimate of drug-likeness (QED) is 0.446. The summed E-state index contributed by atoms with van der Waals surface area (Å²) in [5.41, 5.74) is 2.39. The highest BCUT2D eigenvalue weighted by molar-refractivity contribution is 5.82. The normalized spacial score (nSPS) is 10.7. The van der Waals surface area contributed by atoms with Gasteiger partial charge in [-0.3, -0.25) is 19.9 Å². The number of nitrogens with one attached hydrogen (secondary N) is 2. The number of hydrogen-bond donors (Lipinski definition) is 2. The van der Waals surface area contributed by atoms with Crippen molar-refractivity contribution >= 4 is 17.9 Å². The van der Waals surface area contributed by atoms with Crippen LogP contribution in [0.15, 0.2) is 34.3 Å². The Morgan fingerprint density at radius 2 is 2.35 bits per heavy atom. The summed E-state index contributed by atoms with van der Waals surface area (Å²) in [6.07, 6.45) is 3.12. The Kier molecular flexibility index (Phi) is 5.34. The van der Waals surface area contributed by atoms with E-state index in [4.69, 9.17) is 4.74 Å². The zero-order valence-corrected chi connectivity index (χ0v) is 12.2. The average Bonchev–Trinajstić information content (AvgIpc) is 2.53. The molecule has 120 valence electrons. The molecule has 10 nitrogen and oxygen atoms in total. The number of nitro groups is 1. The molecule has 2 N–H and O–H groups in total. The van der Waals surface area contributed by atoms with E-state index < -0.39 is 10.5 Å². The highest BCUT2D eigenvalue weighted by Gasteiger charge is 2.15. The van der Waals surface area contributed by atoms with Crippen molar-refractivity contribution in [3.8, 4) is 5.75 Å². The van der Waals surface area contributed by atoms with Crippen LogP contribution in [0.25, 0.3) is 0 Å². The predicted molar refractivity (Wildman–Crippen MR) is 82.8 cm³/mol. The molecular formula is C13H14N6O4. The maximum absolute atomic E-state index is 11.1. The largest absolute Gasteiger partial charge is 0.487 e. The summed E-state index contributed by atoms with van der Waals surface area (Å²) in [5.74, 6) is 0.270. The molecule has 0 saturated heterocycles. The zero-order valence-electron chi connectivity index (χ0n) is 12.2. The summed E-state index contributed by atoms with van der Waals surface area (Å²) in [7, 11) is 0. The lowest BCUT2D eigenvalue weighted by molar-refractivity contribution is -0.385. The maximum atomic E-state index is 11.1. The van der Waals surface area contributed by atoms with Crippen molar-refractivity contribution in [2.75, 3.05) is 12.0 Å². The number of aromatic amines is 1. The molecule has 0 bridgehead atoms. The third-order valence-electron chi connectivity index (χ3n) is 2.60. The van der Waals surface area contributed by atoms with Gasteiger partial charge in [0, 0.05) is 11.6 Å². The smallest absolute Gasteiger partial charge is 0.311 e. The van der Waals surface area contributed by atoms with E-state index in [0.29, 0.717) is 12.2 Å². The minimum atomic E-state index is -0.518. The molecule has 0 unspecified atom stereocenters. The molecule has 1 heterocycles. The molecule has 1 aromatic heterocycles. The van der Waals surface area contributed by atoms with E-state index in [-0.39, 0.29) is 17.4 Å². The molecule has 0 amide bonds. The number of ether oxygens (including phenoxy) is 1. The van der Waals surface area contributed by atoms with E-state index in [1.54, 1.807) is 6.07 Å². The second-order valence-electron chi connectivity index (χ2n) is 4.39. The third-order valence-corrected chi connectivity index (χ3v) is 2.60. The molecule has 0 spiro atoms. The minimum Gasteiger partial charge on any atom is -0.487 e. The number of anilines is 1. The first-order chi connectivity index (χ1) is 11.1. The van der Waals surface area contributed by atoms with Gasteiger partial charge < -0.3 is 4.74 Å². The Hall–Kier alpha value is -3.30. The number of nitro benzene ring substituents is 1. The van der Waals surface area contributed by atoms with Crippen molar-refractivity contribution in [2.24, 2.45) is 5.10 Å². The Morgan fingerprint density at radius 1 is 1.52 bits per heavy atom. The molecule has 0 atom stereocenters. The first-order valence-electron chi connectivity index (χ1n) is 6.72. The van der Waals surface area contributed by atoms with Gasteiger partial charge >= 0.3 is 5.69 Å². The number of benzene rings is 1. The van der Waals surface area contributed by atoms with Gasteiger partial charge in [0.25, 0.3) is 5.56 Å². The molecule has 0 fully saturated rings. The van der Waals surface area contributed by atoms with Gasteiger partial charge in [-0.15, -0.1) is 10.2 Å². The fraction of sp³-hybridized carbons (Fsp3) is 0.231. The maximum Gasteiger partial charge on any atom is 0.311 e. The Labute approximate surface area is 130 Å². The van der Waals surface area contributed by atoms with Crippen molar-refractivity contribution in [3.63, 3.8) is 0 Å². The van der Waals surface area contributed by atoms with Crippen LogP contribution >= 0.6 is 0 Å². The topological polar surface area (TPSA) is 135 Å². The second-order valence-corrected chi connectivity index (χ2v) is 4.39. The molecule has 2 rings (SSSR count). The highest BCUT2D eigenvalue weighted by Crippen LogP contribution is 2.27. The lowest BCUT2D eigenvalue weighted by Gasteiger charge is -2.05. The van der Waals surface area contributed by atoms with E-state index in [2.05, 4.69) is 25.7 Å². The Balaban J connectivity index is 2.13. The lowest BCUT2D eigenvalue weighted by atomic mass is 10.2. The van der Waals surface area contributed by atoms with Gasteiger partial charge in [-0.1, -0.05) is 6.92 Å². The Bertz CT molecular complexity index is 773. The highest BCUT2D eigenvalue weighted by atomic mass is 16.6. The number of rotatable bonds is 7. The number of hydrogen-bond acceptors (Lipinski definition) is 8. The molecular weight excluding hydrogens is 304 g/mol. The summed E-state index contributed by atoms with van der Waals surface area (Å²) in [5, 5.41) is 22.0. The van der Waals surface area contributed by atoms with Crippen molar-refractivity contribution < 1.29 is 9.66 Å². The summed E-state index contributed by atoms with van der Waals surface area (Å²) in [4.78, 5) is 24.0. The molecule has 10 heteroatoms. The predicted octanol–water partition coefficient (Wildman–Crippen LogP) is 1.31. The summed E-state index contributed by atoms with van der Waals surface area (Å²) in [6.45, 7) is 2.31. The fourth-order valence-corrected chi connectivity index (χ4v) is 1.62. The van der Waals surface area contributed by atoms with Gasteiger partial charge in [0.2, 0.25) is 5.95 Å². The molecule has 0 aliphatic heterocycles. The first kappa shape index (κ1) is 16.1. The number of nitrogens with zero attached hydrogens (tertiary/aromatic N) is 4. The van der Waals surface area contributed by atoms with Crippen LogP contribution in [0, 0.1) is 10.1 Å². The number of aromatic nitrogens is 3. The Morgan fingerprint density at radius 3 is 3.04 bits per heavy atom. The first-order valence-corrected chi connectivity index (χ1v) is 6.72. The van der Waals surface area contributed by atoms with Gasteiger partial charge in [-0.25, -0.2) is 5.43 Å². The van der Waals surface area contributed by atoms with Crippen LogP contribution in [0.4, 0.5) is 11.6 Å². The minimum absolute atomic E-state index is 0.0612. The summed E-state index contributed by atoms with van der Waals surface area (Å²) < 4.78 is 5.33. The standard InChI is InChI=1S/C13H14N6O4/c1-2-5-23-11-4-3-9(6-10(11)19(21)22)7-14-17-13-16-12(20)8-15-18-13/h3-4,6-8H,2,5H2,1H3,(H2,16,17,18,20)/b14-7+. The van der Waals surface area contributed by atoms with Crippen molar-refractivity contribution in [2.45, 2.75) is 13.3 Å². The van der Waals surface area contributed by atoms with Crippen LogP contribution in [0.5, 0.6) is 5.75 Å². The third kappa shape index (κ3) is 4.59. The van der Waals surface area contributed by atoms with E-state index in [0.717, 1.165) is 12.6 Å². The van der Waals surface area contributed by atoms with Crippen LogP contribution in [0.2, 0.25) is 0 Å². The summed E-state index contributed by atoms with van der Waals surface area (Å²) >= 11 is 0. The fourth-order valence-electron chi connectivity index (χ4n) is 1.62. The van der Waals surface area contributed by atoms with E-state index in [9.17, 15) is 14.9 Å². The monoisotopic (exact) mass is 318 g/mol. The molecule has 0 radical (unpaired) electrons. The van der Waals surface area contributed by atoms with Crippen LogP contribution < -0.4 is 15.7 Å². The lowest BCUT2D eigenvalue weighted by Crippen LogP contribution is -2.10. The van der Waals surface area contributed by atoms with Gasteiger partial charge in [0.15, 0.2) is 5.75 Å². The average molecular weight is 318 g/mol. The van der Waals surface area contributed by atoms with Gasteiger partial charge in [-0.05, 0) is 18.6 Å². The molecule has 0 saturated carbocycles. The number of hydrazone groups is 1. The van der Waals surface area contributed by atoms with Crippen LogP contribution in [-0.2, 0) is 0 Å². The van der Waals surface area contributed by atoms with Crippen molar-refractivity contribution in [1.82, 2.24) is 15.2 Å². The van der Waals surface area contributed by atoms with Crippen molar-refractivity contribution in [1.29, 1.82) is 0 Å². The van der Waals surface area contributed by atoms with E-state index in [1.165, 1.54) is 18.3 Å². The molecule has 0 aliphatic carbocycles. The van der Waals surface area contributed by atoms with E-state index >= 15 is 0 Å². The van der Waals surface area contributed by atoms with Gasteiger partial charge in [-0.2, -0.15) is 5.10 Å². The molecule has 1 aromatic carbocycles. The molecule has 2 aromatic rings. The second kappa shape index (κ2) is 7.64. The summed E-state index contributed by atoms with van der Waals surface area (Å²) in [6, 6.07) is 4.48. The van der Waals surface area contributed by atoms with Gasteiger partial charge in [0.1, 0.15) is 6.20 Å². The van der Waals surface area contributed by atoms with E-state index in [1.807, 2.05) is 6.92 Å². The van der Waals surface area contributed by atoms with Crippen LogP contribution in [-0.4, -0.2) is 32.9 Å². The van der Waals surface area contributed by atoms with Crippen LogP contribution in [0.1, 0.15) is 18.9 Å². The SMILES string of the molecule is CCCOc1ccc(/C=N/Nc2nncc(=O)[nH]2)cc1[N+](=O)[O-]. The molecule has 0 aliphatic rings. The van der Waals surface area contributed by atoms with Crippen LogP contribution in [0.3, 0.4) is 0 Å². The molecule has 23 heavy (non-hydrogen) atoms. The van der Waals surface area contributed by atoms with Crippen molar-refractivity contribution in [3.05, 3.63) is 50.4 Å². The zero-order chi connectivity index (χ0) is 16.7. The number of H-pyrrole nitrogens is 1.